The van der Waals surface area contributed by atoms with E-state index in [9.17, 15) is 22.8 Å². The predicted octanol–water partition coefficient (Wildman–Crippen LogP) is 5.91. The minimum absolute atomic E-state index is 0.0597. The summed E-state index contributed by atoms with van der Waals surface area (Å²) in [6.07, 6.45) is -3.36. The Balaban J connectivity index is 0.000000900. The summed E-state index contributed by atoms with van der Waals surface area (Å²) in [7, 11) is 2.77. The van der Waals surface area contributed by atoms with Gasteiger partial charge in [0.05, 0.1) is 39.5 Å². The summed E-state index contributed by atoms with van der Waals surface area (Å²) in [5, 5.41) is 15.6. The molecule has 1 aliphatic heterocycles. The highest BCUT2D eigenvalue weighted by molar-refractivity contribution is 6.06. The number of rotatable bonds is 12. The molecule has 2 aromatic carbocycles. The normalized spacial score (nSPS) is 12.6. The van der Waals surface area contributed by atoms with E-state index in [-0.39, 0.29) is 53.2 Å². The molecule has 1 aliphatic rings. The molecule has 0 spiro atoms. The number of hydrogen-bond donors (Lipinski definition) is 2. The number of esters is 1. The molecule has 0 saturated heterocycles. The first kappa shape index (κ1) is 36.8. The molecule has 14 heteroatoms. The third-order valence-electron chi connectivity index (χ3n) is 6.63. The largest absolute Gasteiger partial charge is 0.493 e. The number of ketones is 1. The SMILES string of the molecule is CCOC(=O)CCCCOc1ccc(C(=O)CN2Cc3cc(OC)c(OC)c(F)c3C2=N)cc1C(C)(C)C.O=C(O)C(F)(F)F. The van der Waals surface area contributed by atoms with Gasteiger partial charge in [0.25, 0.3) is 0 Å². The van der Waals surface area contributed by atoms with Crippen molar-refractivity contribution in [2.75, 3.05) is 34.0 Å². The zero-order valence-electron chi connectivity index (χ0n) is 26.0. The zero-order valence-corrected chi connectivity index (χ0v) is 26.0. The number of nitrogens with zero attached hydrogens (tertiary/aromatic N) is 1. The fourth-order valence-electron chi connectivity index (χ4n) is 4.43. The van der Waals surface area contributed by atoms with Gasteiger partial charge in [-0.3, -0.25) is 15.0 Å². The average molecular weight is 643 g/mol. The number of aliphatic carboxylic acids is 1. The van der Waals surface area contributed by atoms with Crippen LogP contribution in [0.2, 0.25) is 0 Å². The predicted molar refractivity (Wildman–Crippen MR) is 156 cm³/mol. The van der Waals surface area contributed by atoms with Crippen molar-refractivity contribution in [1.29, 1.82) is 5.41 Å². The number of halogens is 4. The molecule has 2 N–H and O–H groups in total. The molecule has 0 bridgehead atoms. The molecule has 0 aliphatic carbocycles. The Morgan fingerprint density at radius 1 is 1.02 bits per heavy atom. The first-order valence-electron chi connectivity index (χ1n) is 14.0. The highest BCUT2D eigenvalue weighted by Crippen LogP contribution is 2.39. The third-order valence-corrected chi connectivity index (χ3v) is 6.63. The van der Waals surface area contributed by atoms with Crippen LogP contribution in [-0.4, -0.2) is 73.7 Å². The maximum atomic E-state index is 15.1. The number of carboxylic acid groups (broad SMARTS) is 1. The topological polar surface area (TPSA) is 135 Å². The maximum absolute atomic E-state index is 15.1. The minimum atomic E-state index is -5.08. The number of carbonyl (C=O) groups is 3. The van der Waals surface area contributed by atoms with Gasteiger partial charge in [0.2, 0.25) is 0 Å². The molecule has 45 heavy (non-hydrogen) atoms. The number of carbonyl (C=O) groups excluding carboxylic acids is 2. The second kappa shape index (κ2) is 15.6. The maximum Gasteiger partial charge on any atom is 0.490 e. The molecule has 0 radical (unpaired) electrons. The van der Waals surface area contributed by atoms with Crippen molar-refractivity contribution in [3.8, 4) is 17.2 Å². The minimum Gasteiger partial charge on any atom is -0.493 e. The van der Waals surface area contributed by atoms with Gasteiger partial charge in [-0.25, -0.2) is 9.18 Å². The van der Waals surface area contributed by atoms with E-state index in [1.54, 1.807) is 30.0 Å². The van der Waals surface area contributed by atoms with Gasteiger partial charge < -0.3 is 29.0 Å². The van der Waals surface area contributed by atoms with E-state index in [1.165, 1.54) is 14.2 Å². The van der Waals surface area contributed by atoms with Gasteiger partial charge >= 0.3 is 18.1 Å². The molecule has 0 atom stereocenters. The Hall–Kier alpha value is -4.36. The van der Waals surface area contributed by atoms with Gasteiger partial charge in [0.1, 0.15) is 11.6 Å². The number of ether oxygens (including phenoxy) is 4. The molecule has 0 amide bonds. The van der Waals surface area contributed by atoms with Crippen LogP contribution in [0.5, 0.6) is 17.2 Å². The van der Waals surface area contributed by atoms with Crippen LogP contribution >= 0.6 is 0 Å². The molecule has 1 heterocycles. The van der Waals surface area contributed by atoms with E-state index >= 15 is 4.39 Å². The Kier molecular flexibility index (Phi) is 12.7. The van der Waals surface area contributed by atoms with E-state index in [2.05, 4.69) is 0 Å². The van der Waals surface area contributed by atoms with Gasteiger partial charge in [-0.1, -0.05) is 20.8 Å². The van der Waals surface area contributed by atoms with E-state index in [1.807, 2.05) is 26.8 Å². The Labute approximate surface area is 258 Å². The quantitative estimate of drug-likeness (QED) is 0.125. The first-order valence-corrected chi connectivity index (χ1v) is 14.0. The fraction of sp³-hybridized carbons (Fsp3) is 0.484. The first-order chi connectivity index (χ1) is 21.0. The molecule has 0 unspecified atom stereocenters. The van der Waals surface area contributed by atoms with Crippen molar-refractivity contribution in [2.45, 2.75) is 65.1 Å². The Morgan fingerprint density at radius 3 is 2.20 bits per heavy atom. The van der Waals surface area contributed by atoms with E-state index in [4.69, 9.17) is 34.3 Å². The summed E-state index contributed by atoms with van der Waals surface area (Å²) in [5.74, 6) is -3.01. The van der Waals surface area contributed by atoms with Crippen molar-refractivity contribution in [3.05, 3.63) is 52.3 Å². The lowest BCUT2D eigenvalue weighted by molar-refractivity contribution is -0.192. The van der Waals surface area contributed by atoms with Crippen molar-refractivity contribution in [2.24, 2.45) is 0 Å². The molecule has 10 nitrogen and oxygen atoms in total. The second-order valence-corrected chi connectivity index (χ2v) is 11.0. The average Bonchev–Trinajstić information content (AvgIpc) is 3.26. The molecule has 3 rings (SSSR count). The van der Waals surface area contributed by atoms with Crippen LogP contribution in [0.25, 0.3) is 0 Å². The number of hydrogen-bond acceptors (Lipinski definition) is 8. The molecule has 248 valence electrons. The molecule has 0 fully saturated rings. The highest BCUT2D eigenvalue weighted by atomic mass is 19.4. The summed E-state index contributed by atoms with van der Waals surface area (Å²) in [6, 6.07) is 6.98. The van der Waals surface area contributed by atoms with Gasteiger partial charge in [-0.2, -0.15) is 13.2 Å². The van der Waals surface area contributed by atoms with Gasteiger partial charge in [-0.05, 0) is 55.0 Å². The number of fused-ring (bicyclic) bond motifs is 1. The number of unbranched alkanes of at least 4 members (excludes halogenated alkanes) is 1. The zero-order chi connectivity index (χ0) is 34.1. The standard InChI is InChI=1S/C29H37FN2O6.C2HF3O2/c1-7-37-24(34)10-8-9-13-38-22-12-11-18(14-20(22)29(2,3)4)21(33)17-32-16-19-15-23(35-5)27(36-6)26(30)25(19)28(32)31;3-2(4,5)1(6)7/h11-12,14-15,31H,7-10,13,16-17H2,1-6H3;(H,6,7). The van der Waals surface area contributed by atoms with Crippen molar-refractivity contribution in [3.63, 3.8) is 0 Å². The Morgan fingerprint density at radius 2 is 1.67 bits per heavy atom. The fourth-order valence-corrected chi connectivity index (χ4v) is 4.43. The van der Waals surface area contributed by atoms with Crippen LogP contribution < -0.4 is 14.2 Å². The lowest BCUT2D eigenvalue weighted by Crippen LogP contribution is -2.30. The van der Waals surface area contributed by atoms with Crippen molar-refractivity contribution >= 4 is 23.6 Å². The van der Waals surface area contributed by atoms with Crippen LogP contribution in [0.15, 0.2) is 24.3 Å². The van der Waals surface area contributed by atoms with E-state index in [0.29, 0.717) is 49.4 Å². The van der Waals surface area contributed by atoms with Gasteiger partial charge in [0, 0.05) is 24.1 Å². The number of alkyl halides is 3. The number of nitrogens with one attached hydrogen (secondary N) is 1. The number of methoxy groups -OCH3 is 2. The van der Waals surface area contributed by atoms with Gasteiger partial charge in [0.15, 0.2) is 23.1 Å². The van der Waals surface area contributed by atoms with Crippen LogP contribution in [0.3, 0.4) is 0 Å². The summed E-state index contributed by atoms with van der Waals surface area (Å²) in [5.41, 5.74) is 1.78. The van der Waals surface area contributed by atoms with Crippen LogP contribution in [0.4, 0.5) is 17.6 Å². The summed E-state index contributed by atoms with van der Waals surface area (Å²) >= 11 is 0. The lowest BCUT2D eigenvalue weighted by Gasteiger charge is -2.24. The van der Waals surface area contributed by atoms with E-state index in [0.717, 1.165) is 5.56 Å². The smallest absolute Gasteiger partial charge is 0.490 e. The van der Waals surface area contributed by atoms with Crippen molar-refractivity contribution < 1.29 is 56.0 Å². The number of benzene rings is 2. The lowest BCUT2D eigenvalue weighted by atomic mass is 9.85. The molecular formula is C31H38F4N2O8. The van der Waals surface area contributed by atoms with E-state index < -0.39 is 18.0 Å². The monoisotopic (exact) mass is 642 g/mol. The van der Waals surface area contributed by atoms with Crippen molar-refractivity contribution in [1.82, 2.24) is 4.90 Å². The number of amidine groups is 1. The number of carboxylic acids is 1. The Bertz CT molecular complexity index is 1400. The molecular weight excluding hydrogens is 604 g/mol. The number of Topliss-reactive ketones (excluding diaryl/α,β-unsaturated/α-hetero) is 1. The summed E-state index contributed by atoms with van der Waals surface area (Å²) in [4.78, 5) is 35.2. The second-order valence-electron chi connectivity index (χ2n) is 11.0. The van der Waals surface area contributed by atoms with Crippen LogP contribution in [0, 0.1) is 11.2 Å². The van der Waals surface area contributed by atoms with Gasteiger partial charge in [-0.15, -0.1) is 0 Å². The molecule has 2 aromatic rings. The summed E-state index contributed by atoms with van der Waals surface area (Å²) in [6.45, 7) is 8.87. The third kappa shape index (κ3) is 9.82. The molecule has 0 aromatic heterocycles. The van der Waals surface area contributed by atoms with Crippen LogP contribution in [0.1, 0.15) is 74.0 Å². The van der Waals surface area contributed by atoms with Crippen LogP contribution in [-0.2, 0) is 26.3 Å². The summed E-state index contributed by atoms with van der Waals surface area (Å²) < 4.78 is 68.1. The molecule has 0 saturated carbocycles. The highest BCUT2D eigenvalue weighted by Gasteiger charge is 2.38.